The van der Waals surface area contributed by atoms with E-state index in [1.165, 1.54) is 5.56 Å². The number of thiocarbonyl (C=S) groups is 1. The third kappa shape index (κ3) is 2.46. The molecule has 3 heteroatoms. The van der Waals surface area contributed by atoms with Gasteiger partial charge in [-0.05, 0) is 36.0 Å². The van der Waals surface area contributed by atoms with Crippen LogP contribution in [0.25, 0.3) is 11.1 Å². The zero-order chi connectivity index (χ0) is 13.1. The van der Waals surface area contributed by atoms with Gasteiger partial charge in [0.15, 0.2) is 12.4 Å². The predicted octanol–water partition coefficient (Wildman–Crippen LogP) is 3.46. The van der Waals surface area contributed by atoms with Crippen molar-refractivity contribution in [2.45, 2.75) is 0 Å². The van der Waals surface area contributed by atoms with Crippen LogP contribution in [0, 0.1) is 0 Å². The first kappa shape index (κ1) is 11.8. The molecule has 0 fully saturated rings. The number of hydrogen-bond donors (Lipinski definition) is 0. The highest BCUT2D eigenvalue weighted by molar-refractivity contribution is 7.80. The van der Waals surface area contributed by atoms with Crippen molar-refractivity contribution in [2.24, 2.45) is 0 Å². The van der Waals surface area contributed by atoms with Crippen LogP contribution in [0.4, 0.5) is 0 Å². The van der Waals surface area contributed by atoms with Crippen LogP contribution in [0.1, 0.15) is 5.76 Å². The topological polar surface area (TPSA) is 17.0 Å². The van der Waals surface area contributed by atoms with E-state index in [4.69, 9.17) is 16.6 Å². The first-order chi connectivity index (χ1) is 9.34. The third-order valence-electron chi connectivity index (χ3n) is 2.87. The highest BCUT2D eigenvalue weighted by Gasteiger charge is 2.16. The molecule has 92 valence electrons. The molecular weight excluding hydrogens is 254 g/mol. The molecule has 0 aliphatic rings. The minimum Gasteiger partial charge on any atom is -0.457 e. The minimum absolute atomic E-state index is 0.655. The van der Waals surface area contributed by atoms with Crippen LogP contribution in [0.2, 0.25) is 0 Å². The summed E-state index contributed by atoms with van der Waals surface area (Å²) in [7, 11) is 0. The van der Waals surface area contributed by atoms with Crippen LogP contribution < -0.4 is 4.57 Å². The standard InChI is InChI=1S/C16H12NOS/c19-16(15-9-5-11-18-15)17-10-4-8-14(12-17)13-6-2-1-3-7-13/h1-12H/q+1. The molecule has 0 unspecified atom stereocenters. The lowest BCUT2D eigenvalue weighted by Gasteiger charge is -2.00. The Morgan fingerprint density at radius 2 is 1.68 bits per heavy atom. The van der Waals surface area contributed by atoms with Crippen LogP contribution in [-0.2, 0) is 0 Å². The molecule has 1 aromatic carbocycles. The lowest BCUT2D eigenvalue weighted by molar-refractivity contribution is -0.550. The highest BCUT2D eigenvalue weighted by atomic mass is 32.1. The van der Waals surface area contributed by atoms with Gasteiger partial charge in [0.1, 0.15) is 0 Å². The molecule has 0 atom stereocenters. The number of nitrogens with zero attached hydrogens (tertiary/aromatic N) is 1. The molecule has 0 saturated heterocycles. The van der Waals surface area contributed by atoms with Crippen LogP contribution in [-0.4, -0.2) is 4.99 Å². The van der Waals surface area contributed by atoms with Crippen molar-refractivity contribution >= 4 is 17.2 Å². The molecule has 0 spiro atoms. The van der Waals surface area contributed by atoms with Gasteiger partial charge >= 0.3 is 4.99 Å². The van der Waals surface area contributed by atoms with Crippen LogP contribution in [0.15, 0.2) is 77.7 Å². The van der Waals surface area contributed by atoms with E-state index >= 15 is 0 Å². The van der Waals surface area contributed by atoms with Crippen molar-refractivity contribution in [3.63, 3.8) is 0 Å². The van der Waals surface area contributed by atoms with Crippen LogP contribution in [0.3, 0.4) is 0 Å². The zero-order valence-electron chi connectivity index (χ0n) is 10.2. The van der Waals surface area contributed by atoms with Crippen molar-refractivity contribution in [1.82, 2.24) is 0 Å². The van der Waals surface area contributed by atoms with Gasteiger partial charge in [-0.2, -0.15) is 4.57 Å². The molecule has 19 heavy (non-hydrogen) atoms. The Morgan fingerprint density at radius 3 is 2.42 bits per heavy atom. The Bertz CT molecular complexity index is 690. The van der Waals surface area contributed by atoms with E-state index in [9.17, 15) is 0 Å². The molecular formula is C16H12NOS+. The summed E-state index contributed by atoms with van der Waals surface area (Å²) < 4.78 is 7.23. The average molecular weight is 266 g/mol. The van der Waals surface area contributed by atoms with E-state index in [1.54, 1.807) is 6.26 Å². The molecule has 0 N–H and O–H groups in total. The lowest BCUT2D eigenvalue weighted by Crippen LogP contribution is -2.41. The highest BCUT2D eigenvalue weighted by Crippen LogP contribution is 2.16. The summed E-state index contributed by atoms with van der Waals surface area (Å²) in [5, 5.41) is 0. The summed E-state index contributed by atoms with van der Waals surface area (Å²) >= 11 is 5.42. The molecule has 2 nitrogen and oxygen atoms in total. The Balaban J connectivity index is 1.99. The van der Waals surface area contributed by atoms with Gasteiger partial charge in [0.2, 0.25) is 5.76 Å². The predicted molar refractivity (Wildman–Crippen MR) is 77.9 cm³/mol. The van der Waals surface area contributed by atoms with Gasteiger partial charge in [-0.1, -0.05) is 30.3 Å². The minimum atomic E-state index is 0.655. The number of pyridine rings is 1. The van der Waals surface area contributed by atoms with Gasteiger partial charge in [0.25, 0.3) is 0 Å². The fraction of sp³-hybridized carbons (Fsp3) is 0. The van der Waals surface area contributed by atoms with E-state index in [-0.39, 0.29) is 0 Å². The first-order valence-corrected chi connectivity index (χ1v) is 6.40. The Kier molecular flexibility index (Phi) is 3.21. The third-order valence-corrected chi connectivity index (χ3v) is 3.29. The van der Waals surface area contributed by atoms with Gasteiger partial charge in [-0.3, -0.25) is 0 Å². The van der Waals surface area contributed by atoms with Gasteiger partial charge in [-0.25, -0.2) is 0 Å². The monoisotopic (exact) mass is 266 g/mol. The first-order valence-electron chi connectivity index (χ1n) is 5.99. The fourth-order valence-corrected chi connectivity index (χ4v) is 2.16. The molecule has 0 amide bonds. The Labute approximate surface area is 116 Å². The molecule has 2 heterocycles. The fourth-order valence-electron chi connectivity index (χ4n) is 1.93. The van der Waals surface area contributed by atoms with Crippen molar-refractivity contribution in [1.29, 1.82) is 0 Å². The van der Waals surface area contributed by atoms with Gasteiger partial charge in [0, 0.05) is 11.6 Å². The SMILES string of the molecule is S=C(c1ccco1)[n+]1cccc(-c2ccccc2)c1. The van der Waals surface area contributed by atoms with Gasteiger partial charge < -0.3 is 4.42 Å². The molecule has 3 aromatic rings. The van der Waals surface area contributed by atoms with E-state index in [0.717, 1.165) is 5.56 Å². The van der Waals surface area contributed by atoms with E-state index in [2.05, 4.69) is 18.2 Å². The van der Waals surface area contributed by atoms with E-state index in [0.29, 0.717) is 10.7 Å². The summed E-state index contributed by atoms with van der Waals surface area (Å²) in [6.45, 7) is 0. The van der Waals surface area contributed by atoms with Gasteiger partial charge in [0.05, 0.1) is 6.26 Å². The van der Waals surface area contributed by atoms with Crippen molar-refractivity contribution in [3.05, 3.63) is 79.0 Å². The molecule has 3 rings (SSSR count). The van der Waals surface area contributed by atoms with Gasteiger partial charge in [-0.15, -0.1) is 0 Å². The maximum absolute atomic E-state index is 5.42. The zero-order valence-corrected chi connectivity index (χ0v) is 11.0. The van der Waals surface area contributed by atoms with E-state index < -0.39 is 0 Å². The molecule has 0 aliphatic heterocycles. The van der Waals surface area contributed by atoms with E-state index in [1.807, 2.05) is 53.4 Å². The molecule has 2 aromatic heterocycles. The Hall–Kier alpha value is -2.26. The second-order valence-corrected chi connectivity index (χ2v) is 4.54. The summed E-state index contributed by atoms with van der Waals surface area (Å²) in [6.07, 6.45) is 5.57. The smallest absolute Gasteiger partial charge is 0.320 e. The van der Waals surface area contributed by atoms with Crippen molar-refractivity contribution in [2.75, 3.05) is 0 Å². The second kappa shape index (κ2) is 5.16. The largest absolute Gasteiger partial charge is 0.457 e. The van der Waals surface area contributed by atoms with Crippen LogP contribution >= 0.6 is 12.2 Å². The molecule has 0 saturated carbocycles. The maximum Gasteiger partial charge on any atom is 0.320 e. The molecule has 0 aliphatic carbocycles. The molecule has 0 radical (unpaired) electrons. The summed E-state index contributed by atoms with van der Waals surface area (Å²) in [4.78, 5) is 0.655. The summed E-state index contributed by atoms with van der Waals surface area (Å²) in [6, 6.07) is 18.0. The number of rotatable bonds is 2. The molecule has 0 bridgehead atoms. The van der Waals surface area contributed by atoms with Crippen molar-refractivity contribution < 1.29 is 8.98 Å². The number of furan rings is 1. The summed E-state index contributed by atoms with van der Waals surface area (Å²) in [5.41, 5.74) is 2.29. The number of benzene rings is 1. The average Bonchev–Trinajstić information content (AvgIpc) is 3.02. The normalized spacial score (nSPS) is 10.3. The van der Waals surface area contributed by atoms with Crippen molar-refractivity contribution in [3.8, 4) is 11.1 Å². The maximum atomic E-state index is 5.42. The second-order valence-electron chi connectivity index (χ2n) is 4.15. The summed E-state index contributed by atoms with van der Waals surface area (Å²) in [5.74, 6) is 0.699. The lowest BCUT2D eigenvalue weighted by atomic mass is 10.1. The number of aromatic nitrogens is 1. The Morgan fingerprint density at radius 1 is 0.895 bits per heavy atom. The number of hydrogen-bond acceptors (Lipinski definition) is 2. The van der Waals surface area contributed by atoms with Crippen LogP contribution in [0.5, 0.6) is 0 Å². The quantitative estimate of drug-likeness (QED) is 0.522.